The summed E-state index contributed by atoms with van der Waals surface area (Å²) in [5.74, 6) is 0.473. The van der Waals surface area contributed by atoms with Crippen LogP contribution in [0.3, 0.4) is 0 Å². The molecule has 8 nitrogen and oxygen atoms in total. The fourth-order valence-electron chi connectivity index (χ4n) is 2.88. The van der Waals surface area contributed by atoms with E-state index >= 15 is 0 Å². The van der Waals surface area contributed by atoms with Gasteiger partial charge in [-0.2, -0.15) is 5.10 Å². The Bertz CT molecular complexity index is 1290. The summed E-state index contributed by atoms with van der Waals surface area (Å²) in [5.41, 5.74) is 5.42. The second-order valence-corrected chi connectivity index (χ2v) is 8.39. The van der Waals surface area contributed by atoms with Crippen LogP contribution >= 0.6 is 35.0 Å². The summed E-state index contributed by atoms with van der Waals surface area (Å²) in [6.07, 6.45) is 1.63. The van der Waals surface area contributed by atoms with Gasteiger partial charge in [-0.1, -0.05) is 53.2 Å². The molecule has 2 heterocycles. The van der Waals surface area contributed by atoms with Crippen molar-refractivity contribution in [3.05, 3.63) is 69.7 Å². The number of carbonyl (C=O) groups is 1. The molecule has 0 atom stereocenters. The number of hydrogen-bond donors (Lipinski definition) is 2. The summed E-state index contributed by atoms with van der Waals surface area (Å²) in [6.45, 7) is 1.99. The van der Waals surface area contributed by atoms with Crippen LogP contribution in [0.4, 0.5) is 0 Å². The van der Waals surface area contributed by atoms with Crippen LogP contribution in [0.1, 0.15) is 17.1 Å². The molecule has 0 saturated carbocycles. The van der Waals surface area contributed by atoms with Crippen molar-refractivity contribution < 1.29 is 13.9 Å². The summed E-state index contributed by atoms with van der Waals surface area (Å²) in [7, 11) is 0. The summed E-state index contributed by atoms with van der Waals surface area (Å²) in [6, 6.07) is 12.8. The molecule has 164 valence electrons. The molecule has 0 unspecified atom stereocenters. The molecule has 0 bridgehead atoms. The van der Waals surface area contributed by atoms with Gasteiger partial charge in [-0.15, -0.1) is 10.2 Å². The summed E-state index contributed by atoms with van der Waals surface area (Å²) < 4.78 is 11.0. The Morgan fingerprint density at radius 3 is 2.97 bits per heavy atom. The number of ether oxygens (including phenoxy) is 1. The molecule has 0 fully saturated rings. The number of amides is 1. The summed E-state index contributed by atoms with van der Waals surface area (Å²) >= 11 is 13.0. The Labute approximate surface area is 197 Å². The highest BCUT2D eigenvalue weighted by molar-refractivity contribution is 7.99. The first-order chi connectivity index (χ1) is 15.5. The van der Waals surface area contributed by atoms with Gasteiger partial charge in [0.05, 0.1) is 17.0 Å². The highest BCUT2D eigenvalue weighted by atomic mass is 35.5. The van der Waals surface area contributed by atoms with Crippen molar-refractivity contribution in [2.24, 2.45) is 5.10 Å². The van der Waals surface area contributed by atoms with Gasteiger partial charge >= 0.3 is 0 Å². The van der Waals surface area contributed by atoms with Gasteiger partial charge in [0.2, 0.25) is 0 Å². The number of fused-ring (bicyclic) bond motifs is 1. The van der Waals surface area contributed by atoms with Gasteiger partial charge in [-0.3, -0.25) is 4.79 Å². The predicted molar refractivity (Wildman–Crippen MR) is 125 cm³/mol. The number of hydrogen-bond acceptors (Lipinski definition) is 7. The van der Waals surface area contributed by atoms with Gasteiger partial charge in [0.25, 0.3) is 17.0 Å². The van der Waals surface area contributed by atoms with Crippen molar-refractivity contribution in [2.45, 2.75) is 18.8 Å². The van der Waals surface area contributed by atoms with Crippen LogP contribution in [0.25, 0.3) is 10.9 Å². The maximum atomic E-state index is 12.1. The first kappa shape index (κ1) is 22.2. The number of rotatable bonds is 8. The second-order valence-electron chi connectivity index (χ2n) is 6.62. The maximum Gasteiger partial charge on any atom is 0.277 e. The highest BCUT2D eigenvalue weighted by Crippen LogP contribution is 2.28. The number of hydrazone groups is 1. The van der Waals surface area contributed by atoms with E-state index < -0.39 is 0 Å². The molecular weight excluding hydrogens is 473 g/mol. The van der Waals surface area contributed by atoms with Gasteiger partial charge in [-0.25, -0.2) is 5.43 Å². The zero-order valence-corrected chi connectivity index (χ0v) is 19.1. The zero-order chi connectivity index (χ0) is 22.5. The maximum absolute atomic E-state index is 12.1. The monoisotopic (exact) mass is 489 g/mol. The highest BCUT2D eigenvalue weighted by Gasteiger charge is 2.11. The van der Waals surface area contributed by atoms with Gasteiger partial charge in [-0.05, 0) is 31.2 Å². The number of aromatic amines is 1. The Morgan fingerprint density at radius 1 is 1.28 bits per heavy atom. The molecule has 4 aromatic rings. The van der Waals surface area contributed by atoms with E-state index in [0.717, 1.165) is 33.9 Å². The topological polar surface area (TPSA) is 105 Å². The molecule has 0 saturated heterocycles. The van der Waals surface area contributed by atoms with Crippen molar-refractivity contribution in [2.75, 3.05) is 5.75 Å². The molecule has 32 heavy (non-hydrogen) atoms. The largest absolute Gasteiger partial charge is 0.482 e. The summed E-state index contributed by atoms with van der Waals surface area (Å²) in [5, 5.41) is 14.0. The third-order valence-electron chi connectivity index (χ3n) is 4.35. The normalized spacial score (nSPS) is 11.3. The van der Waals surface area contributed by atoms with E-state index in [1.165, 1.54) is 0 Å². The fourth-order valence-corrected chi connectivity index (χ4v) is 3.92. The number of H-pyrrole nitrogens is 1. The number of thioether (sulfide) groups is 1. The van der Waals surface area contributed by atoms with E-state index in [0.29, 0.717) is 15.8 Å². The quantitative estimate of drug-likeness (QED) is 0.205. The number of para-hydroxylation sites is 1. The van der Waals surface area contributed by atoms with Gasteiger partial charge < -0.3 is 14.1 Å². The Kier molecular flexibility index (Phi) is 6.99. The van der Waals surface area contributed by atoms with Gasteiger partial charge in [0.1, 0.15) is 5.75 Å². The number of nitrogens with zero attached hydrogens (tertiary/aromatic N) is 3. The van der Waals surface area contributed by atoms with Crippen LogP contribution < -0.4 is 10.2 Å². The molecule has 4 rings (SSSR count). The Balaban J connectivity index is 1.26. The minimum absolute atomic E-state index is 0.0371. The van der Waals surface area contributed by atoms with E-state index in [1.54, 1.807) is 24.4 Å². The standard InChI is InChI=1S/C21H17Cl2N5O3S/c1-12-15(14-4-2-3-5-17(14)25-12)9-24-26-19(29)11-32-21-28-27-20(31-21)10-30-18-7-6-13(22)8-16(18)23/h2-9,25H,10-11H2,1H3,(H,26,29)/b24-9-. The third-order valence-corrected chi connectivity index (χ3v) is 5.70. The number of aromatic nitrogens is 3. The van der Waals surface area contributed by atoms with Crippen LogP contribution in [0.15, 0.2) is 57.2 Å². The molecule has 11 heteroatoms. The molecule has 0 aliphatic carbocycles. The Hall–Kier alpha value is -3.01. The molecule has 0 aliphatic heterocycles. The summed E-state index contributed by atoms with van der Waals surface area (Å²) in [4.78, 5) is 15.4. The minimum atomic E-state index is -0.298. The number of aryl methyl sites for hydroxylation is 1. The van der Waals surface area contributed by atoms with Crippen molar-refractivity contribution >= 4 is 58.0 Å². The molecule has 1 amide bonds. The lowest BCUT2D eigenvalue weighted by Crippen LogP contribution is -2.19. The van der Waals surface area contributed by atoms with E-state index in [1.807, 2.05) is 31.2 Å². The molecule has 2 N–H and O–H groups in total. The van der Waals surface area contributed by atoms with E-state index in [-0.39, 0.29) is 29.4 Å². The molecular formula is C21H17Cl2N5O3S. The molecule has 0 spiro atoms. The van der Waals surface area contributed by atoms with Crippen molar-refractivity contribution in [3.8, 4) is 5.75 Å². The number of halogens is 2. The van der Waals surface area contributed by atoms with E-state index in [4.69, 9.17) is 32.4 Å². The van der Waals surface area contributed by atoms with Crippen molar-refractivity contribution in [1.29, 1.82) is 0 Å². The van der Waals surface area contributed by atoms with Crippen LogP contribution in [0, 0.1) is 6.92 Å². The van der Waals surface area contributed by atoms with Crippen LogP contribution in [-0.2, 0) is 11.4 Å². The second kappa shape index (κ2) is 10.1. The molecule has 0 aliphatic rings. The molecule has 0 radical (unpaired) electrons. The number of nitrogens with one attached hydrogen (secondary N) is 2. The third kappa shape index (κ3) is 5.42. The first-order valence-corrected chi connectivity index (χ1v) is 11.2. The van der Waals surface area contributed by atoms with Gasteiger partial charge in [0, 0.05) is 27.2 Å². The molecule has 2 aromatic heterocycles. The average molecular weight is 490 g/mol. The van der Waals surface area contributed by atoms with Gasteiger partial charge in [0.15, 0.2) is 6.61 Å². The van der Waals surface area contributed by atoms with E-state index in [2.05, 4.69) is 25.7 Å². The van der Waals surface area contributed by atoms with Crippen LogP contribution in [-0.4, -0.2) is 33.1 Å². The Morgan fingerprint density at radius 2 is 2.12 bits per heavy atom. The lowest BCUT2D eigenvalue weighted by atomic mass is 10.1. The lowest BCUT2D eigenvalue weighted by molar-refractivity contribution is -0.118. The van der Waals surface area contributed by atoms with Crippen molar-refractivity contribution in [1.82, 2.24) is 20.6 Å². The van der Waals surface area contributed by atoms with Crippen LogP contribution in [0.2, 0.25) is 10.0 Å². The first-order valence-electron chi connectivity index (χ1n) is 9.42. The van der Waals surface area contributed by atoms with E-state index in [9.17, 15) is 4.79 Å². The SMILES string of the molecule is Cc1[nH]c2ccccc2c1/C=N\NC(=O)CSc1nnc(COc2ccc(Cl)cc2Cl)o1. The number of carbonyl (C=O) groups excluding carboxylic acids is 1. The van der Waals surface area contributed by atoms with Crippen molar-refractivity contribution in [3.63, 3.8) is 0 Å². The van der Waals surface area contributed by atoms with Crippen LogP contribution in [0.5, 0.6) is 5.75 Å². The average Bonchev–Trinajstić information content (AvgIpc) is 3.35. The zero-order valence-electron chi connectivity index (χ0n) is 16.8. The molecule has 2 aromatic carbocycles. The lowest BCUT2D eigenvalue weighted by Gasteiger charge is -2.05. The number of benzene rings is 2. The predicted octanol–water partition coefficient (Wildman–Crippen LogP) is 4.99. The fraction of sp³-hybridized carbons (Fsp3) is 0.143. The smallest absolute Gasteiger partial charge is 0.277 e. The minimum Gasteiger partial charge on any atom is -0.482 e.